The van der Waals surface area contributed by atoms with Crippen LogP contribution in [0.2, 0.25) is 0 Å². The average Bonchev–Trinajstić information content (AvgIpc) is 3.26. The van der Waals surface area contributed by atoms with Crippen molar-refractivity contribution in [3.8, 4) is 5.75 Å². The number of rotatable bonds is 7. The molecule has 0 aliphatic heterocycles. The number of benzene rings is 2. The minimum absolute atomic E-state index is 0.0648. The summed E-state index contributed by atoms with van der Waals surface area (Å²) < 4.78 is 7.70. The number of carbonyl (C=O) groups is 1. The number of hydrogen-bond donors (Lipinski definition) is 1. The molecule has 0 bridgehead atoms. The molecule has 1 saturated carbocycles. The lowest BCUT2D eigenvalue weighted by Gasteiger charge is -2.34. The van der Waals surface area contributed by atoms with Crippen molar-refractivity contribution in [2.75, 3.05) is 12.4 Å². The lowest BCUT2D eigenvalue weighted by atomic mass is 9.94. The van der Waals surface area contributed by atoms with Crippen molar-refractivity contribution in [1.29, 1.82) is 0 Å². The number of para-hydroxylation sites is 2. The number of nitrogens with one attached hydrogen (secondary N) is 1. The normalized spacial score (nSPS) is 14.2. The van der Waals surface area contributed by atoms with Gasteiger partial charge < -0.3 is 19.5 Å². The number of nitrogens with zero attached hydrogens (tertiary/aromatic N) is 2. The van der Waals surface area contributed by atoms with Crippen LogP contribution in [0.25, 0.3) is 0 Å². The van der Waals surface area contributed by atoms with Crippen LogP contribution < -0.4 is 10.1 Å². The van der Waals surface area contributed by atoms with Crippen LogP contribution in [0.15, 0.2) is 66.9 Å². The number of carbonyl (C=O) groups excluding carboxylic acids is 1. The zero-order chi connectivity index (χ0) is 22.3. The fourth-order valence-electron chi connectivity index (χ4n) is 4.59. The summed E-state index contributed by atoms with van der Waals surface area (Å²) >= 11 is 0. The Morgan fingerprint density at radius 2 is 1.78 bits per heavy atom. The van der Waals surface area contributed by atoms with E-state index in [1.807, 2.05) is 29.2 Å². The van der Waals surface area contributed by atoms with E-state index in [1.54, 1.807) is 7.11 Å². The van der Waals surface area contributed by atoms with E-state index in [2.05, 4.69) is 59.4 Å². The summed E-state index contributed by atoms with van der Waals surface area (Å²) in [6.45, 7) is 3.54. The molecule has 32 heavy (non-hydrogen) atoms. The maximum atomic E-state index is 13.5. The van der Waals surface area contributed by atoms with Crippen LogP contribution in [0.4, 0.5) is 10.5 Å². The molecular formula is C27H33N3O2. The van der Waals surface area contributed by atoms with Crippen LogP contribution in [-0.4, -0.2) is 28.6 Å². The zero-order valence-electron chi connectivity index (χ0n) is 19.1. The van der Waals surface area contributed by atoms with Gasteiger partial charge in [0.25, 0.3) is 0 Å². The van der Waals surface area contributed by atoms with Crippen molar-refractivity contribution < 1.29 is 9.53 Å². The molecule has 0 unspecified atom stereocenters. The molecule has 5 nitrogen and oxygen atoms in total. The maximum Gasteiger partial charge on any atom is 0.322 e. The molecule has 0 radical (unpaired) electrons. The highest BCUT2D eigenvalue weighted by molar-refractivity contribution is 5.91. The Kier molecular flexibility index (Phi) is 7.15. The maximum absolute atomic E-state index is 13.5. The van der Waals surface area contributed by atoms with Gasteiger partial charge in [-0.1, -0.05) is 55.7 Å². The number of aryl methyl sites for hydroxylation is 1. The summed E-state index contributed by atoms with van der Waals surface area (Å²) in [5.41, 5.74) is 4.43. The molecule has 1 aromatic heterocycles. The van der Waals surface area contributed by atoms with Crippen molar-refractivity contribution in [1.82, 2.24) is 9.47 Å². The Bertz CT molecular complexity index is 1040. The minimum atomic E-state index is -0.0648. The van der Waals surface area contributed by atoms with E-state index < -0.39 is 0 Å². The predicted molar refractivity (Wildman–Crippen MR) is 129 cm³/mol. The van der Waals surface area contributed by atoms with Gasteiger partial charge in [-0.25, -0.2) is 4.79 Å². The molecule has 1 heterocycles. The van der Waals surface area contributed by atoms with E-state index in [0.29, 0.717) is 18.0 Å². The predicted octanol–water partition coefficient (Wildman–Crippen LogP) is 6.22. The Morgan fingerprint density at radius 3 is 2.56 bits per heavy atom. The largest absolute Gasteiger partial charge is 0.495 e. The number of amides is 2. The Hall–Kier alpha value is -3.21. The molecule has 0 atom stereocenters. The quantitative estimate of drug-likeness (QED) is 0.483. The van der Waals surface area contributed by atoms with E-state index >= 15 is 0 Å². The van der Waals surface area contributed by atoms with Crippen molar-refractivity contribution in [2.45, 2.75) is 58.2 Å². The van der Waals surface area contributed by atoms with Gasteiger partial charge in [0.05, 0.1) is 19.3 Å². The minimum Gasteiger partial charge on any atom is -0.495 e. The highest BCUT2D eigenvalue weighted by Gasteiger charge is 2.27. The van der Waals surface area contributed by atoms with E-state index in [4.69, 9.17) is 4.74 Å². The lowest BCUT2D eigenvalue weighted by molar-refractivity contribution is 0.161. The highest BCUT2D eigenvalue weighted by Crippen LogP contribution is 2.28. The number of aromatic nitrogens is 1. The molecule has 4 rings (SSSR count). The third-order valence-corrected chi connectivity index (χ3v) is 6.48. The number of anilines is 1. The molecule has 168 valence electrons. The van der Waals surface area contributed by atoms with E-state index in [1.165, 1.54) is 30.4 Å². The summed E-state index contributed by atoms with van der Waals surface area (Å²) in [5.74, 6) is 0.673. The Balaban J connectivity index is 1.56. The van der Waals surface area contributed by atoms with Crippen molar-refractivity contribution in [3.05, 3.63) is 83.7 Å². The smallest absolute Gasteiger partial charge is 0.322 e. The number of methoxy groups -OCH3 is 1. The standard InChI is InChI=1S/C27H33N3O2/c1-21-11-6-7-12-22(21)19-29-18-10-15-24(29)20-30(23-13-4-3-5-14-23)27(31)28-25-16-8-9-17-26(25)32-2/h6-12,15-18,23H,3-5,13-14,19-20H2,1-2H3,(H,28,31). The Labute approximate surface area is 191 Å². The van der Waals surface area contributed by atoms with Crippen LogP contribution in [0, 0.1) is 6.92 Å². The fourth-order valence-corrected chi connectivity index (χ4v) is 4.59. The summed E-state index contributed by atoms with van der Waals surface area (Å²) in [6, 6.07) is 20.4. The second-order valence-corrected chi connectivity index (χ2v) is 8.60. The SMILES string of the molecule is COc1ccccc1NC(=O)N(Cc1cccn1Cc1ccccc1C)C1CCCCC1. The first-order chi connectivity index (χ1) is 15.7. The van der Waals surface area contributed by atoms with Crippen LogP contribution in [-0.2, 0) is 13.1 Å². The average molecular weight is 432 g/mol. The van der Waals surface area contributed by atoms with Crippen molar-refractivity contribution >= 4 is 11.7 Å². The van der Waals surface area contributed by atoms with Crippen LogP contribution >= 0.6 is 0 Å². The van der Waals surface area contributed by atoms with Gasteiger partial charge in [-0.05, 0) is 55.2 Å². The molecule has 2 amide bonds. The molecule has 1 aliphatic carbocycles. The van der Waals surface area contributed by atoms with Gasteiger partial charge in [0.15, 0.2) is 0 Å². The number of hydrogen-bond acceptors (Lipinski definition) is 2. The highest BCUT2D eigenvalue weighted by atomic mass is 16.5. The van der Waals surface area contributed by atoms with E-state index in [0.717, 1.165) is 25.1 Å². The molecule has 1 N–H and O–H groups in total. The first-order valence-electron chi connectivity index (χ1n) is 11.5. The third kappa shape index (κ3) is 5.16. The lowest BCUT2D eigenvalue weighted by Crippen LogP contribution is -2.43. The molecule has 0 spiro atoms. The van der Waals surface area contributed by atoms with Gasteiger partial charge >= 0.3 is 6.03 Å². The first kappa shape index (κ1) is 22.0. The van der Waals surface area contributed by atoms with Gasteiger partial charge in [-0.15, -0.1) is 0 Å². The van der Waals surface area contributed by atoms with Crippen molar-refractivity contribution in [2.24, 2.45) is 0 Å². The molecule has 5 heteroatoms. The van der Waals surface area contributed by atoms with Crippen LogP contribution in [0.1, 0.15) is 48.9 Å². The molecule has 0 saturated heterocycles. The van der Waals surface area contributed by atoms with E-state index in [-0.39, 0.29) is 12.1 Å². The zero-order valence-corrected chi connectivity index (χ0v) is 19.1. The molecule has 2 aromatic carbocycles. The summed E-state index contributed by atoms with van der Waals surface area (Å²) in [4.78, 5) is 15.5. The fraction of sp³-hybridized carbons (Fsp3) is 0.370. The Morgan fingerprint density at radius 1 is 1.03 bits per heavy atom. The molecular weight excluding hydrogens is 398 g/mol. The van der Waals surface area contributed by atoms with Gasteiger partial charge in [0, 0.05) is 24.5 Å². The topological polar surface area (TPSA) is 46.5 Å². The number of urea groups is 1. The molecule has 1 aliphatic rings. The molecule has 1 fully saturated rings. The van der Waals surface area contributed by atoms with Gasteiger partial charge in [-0.3, -0.25) is 0 Å². The summed E-state index contributed by atoms with van der Waals surface area (Å²) in [7, 11) is 1.63. The van der Waals surface area contributed by atoms with Crippen LogP contribution in [0.5, 0.6) is 5.75 Å². The van der Waals surface area contributed by atoms with Gasteiger partial charge in [0.1, 0.15) is 5.75 Å². The van der Waals surface area contributed by atoms with E-state index in [9.17, 15) is 4.79 Å². The van der Waals surface area contributed by atoms with Crippen LogP contribution in [0.3, 0.4) is 0 Å². The third-order valence-electron chi connectivity index (χ3n) is 6.48. The number of ether oxygens (including phenoxy) is 1. The first-order valence-corrected chi connectivity index (χ1v) is 11.5. The van der Waals surface area contributed by atoms with Gasteiger partial charge in [-0.2, -0.15) is 0 Å². The summed E-state index contributed by atoms with van der Waals surface area (Å²) in [5, 5.41) is 3.10. The second kappa shape index (κ2) is 10.4. The van der Waals surface area contributed by atoms with Gasteiger partial charge in [0.2, 0.25) is 0 Å². The monoisotopic (exact) mass is 431 g/mol. The van der Waals surface area contributed by atoms with Crippen molar-refractivity contribution in [3.63, 3.8) is 0 Å². The molecule has 3 aromatic rings. The summed E-state index contributed by atoms with van der Waals surface area (Å²) in [6.07, 6.45) is 7.82. The second-order valence-electron chi connectivity index (χ2n) is 8.60.